The van der Waals surface area contributed by atoms with Crippen LogP contribution in [0.2, 0.25) is 0 Å². The fourth-order valence-electron chi connectivity index (χ4n) is 3.15. The van der Waals surface area contributed by atoms with E-state index in [0.29, 0.717) is 18.7 Å². The molecule has 0 aliphatic carbocycles. The Hall–Kier alpha value is -2.83. The van der Waals surface area contributed by atoms with Crippen LogP contribution in [-0.2, 0) is 6.54 Å². The van der Waals surface area contributed by atoms with Crippen LogP contribution in [0.4, 0.5) is 11.5 Å². The summed E-state index contributed by atoms with van der Waals surface area (Å²) in [6.45, 7) is 6.74. The predicted molar refractivity (Wildman–Crippen MR) is 113 cm³/mol. The Labute approximate surface area is 165 Å². The zero-order valence-corrected chi connectivity index (χ0v) is 17.0. The highest BCUT2D eigenvalue weighted by molar-refractivity contribution is 6.07. The van der Waals surface area contributed by atoms with Gasteiger partial charge in [0.15, 0.2) is 5.69 Å². The molecule has 0 radical (unpaired) electrons. The number of H-pyrrole nitrogens is 1. The summed E-state index contributed by atoms with van der Waals surface area (Å²) >= 11 is 0. The van der Waals surface area contributed by atoms with Crippen LogP contribution in [0.3, 0.4) is 0 Å². The van der Waals surface area contributed by atoms with Crippen LogP contribution in [-0.4, -0.2) is 22.0 Å². The predicted octanol–water partition coefficient (Wildman–Crippen LogP) is 3.06. The van der Waals surface area contributed by atoms with Crippen molar-refractivity contribution in [3.8, 4) is 0 Å². The van der Waals surface area contributed by atoms with Crippen molar-refractivity contribution in [1.29, 1.82) is 0 Å². The lowest BCUT2D eigenvalue weighted by Crippen LogP contribution is -2.41. The number of amides is 1. The Bertz CT molecular complexity index is 930. The molecule has 0 unspecified atom stereocenters. The first-order valence-corrected chi connectivity index (χ1v) is 9.91. The van der Waals surface area contributed by atoms with Crippen molar-refractivity contribution in [3.05, 3.63) is 56.2 Å². The van der Waals surface area contributed by atoms with Crippen LogP contribution in [0.1, 0.15) is 61.9 Å². The third-order valence-electron chi connectivity index (χ3n) is 4.71. The van der Waals surface area contributed by atoms with Gasteiger partial charge >= 0.3 is 5.69 Å². The number of unbranched alkanes of at least 4 members (excludes halogenated alkanes) is 3. The molecule has 1 aromatic heterocycles. The van der Waals surface area contributed by atoms with E-state index in [4.69, 9.17) is 5.73 Å². The summed E-state index contributed by atoms with van der Waals surface area (Å²) in [5.41, 5.74) is 6.54. The summed E-state index contributed by atoms with van der Waals surface area (Å²) in [6, 6.07) is 7.22. The van der Waals surface area contributed by atoms with Gasteiger partial charge in [0, 0.05) is 18.7 Å². The van der Waals surface area contributed by atoms with Gasteiger partial charge in [0.25, 0.3) is 11.5 Å². The molecule has 0 fully saturated rings. The Morgan fingerprint density at radius 2 is 1.86 bits per heavy atom. The number of aromatic amines is 1. The number of hydrogen-bond acceptors (Lipinski definition) is 4. The van der Waals surface area contributed by atoms with Crippen molar-refractivity contribution < 1.29 is 4.79 Å². The van der Waals surface area contributed by atoms with Crippen molar-refractivity contribution in [2.24, 2.45) is 0 Å². The van der Waals surface area contributed by atoms with E-state index in [9.17, 15) is 14.4 Å². The average molecular weight is 386 g/mol. The molecule has 0 spiro atoms. The largest absolute Gasteiger partial charge is 0.383 e. The van der Waals surface area contributed by atoms with Gasteiger partial charge in [-0.25, -0.2) is 4.79 Å². The van der Waals surface area contributed by atoms with Crippen molar-refractivity contribution >= 4 is 17.4 Å². The molecule has 2 rings (SSSR count). The van der Waals surface area contributed by atoms with Gasteiger partial charge in [0.1, 0.15) is 5.82 Å². The molecule has 0 aliphatic heterocycles. The van der Waals surface area contributed by atoms with E-state index in [1.807, 2.05) is 26.0 Å². The minimum atomic E-state index is -0.632. The van der Waals surface area contributed by atoms with Crippen LogP contribution in [0.5, 0.6) is 0 Å². The maximum atomic E-state index is 13.2. The number of nitrogens with one attached hydrogen (secondary N) is 1. The van der Waals surface area contributed by atoms with Crippen LogP contribution in [0, 0.1) is 6.92 Å². The summed E-state index contributed by atoms with van der Waals surface area (Å²) in [5, 5.41) is 0. The van der Waals surface area contributed by atoms with E-state index < -0.39 is 11.2 Å². The minimum absolute atomic E-state index is 0.0414. The zero-order valence-electron chi connectivity index (χ0n) is 17.0. The first kappa shape index (κ1) is 21.5. The summed E-state index contributed by atoms with van der Waals surface area (Å²) in [6.07, 6.45) is 4.26. The first-order chi connectivity index (χ1) is 13.4. The lowest BCUT2D eigenvalue weighted by atomic mass is 10.1. The van der Waals surface area contributed by atoms with Gasteiger partial charge < -0.3 is 10.6 Å². The number of carbonyl (C=O) groups excluding carboxylic acids is 1. The van der Waals surface area contributed by atoms with Gasteiger partial charge in [-0.05, 0) is 31.9 Å². The number of hydrogen-bond donors (Lipinski definition) is 2. The van der Waals surface area contributed by atoms with E-state index in [0.717, 1.165) is 37.7 Å². The zero-order chi connectivity index (χ0) is 20.7. The molecule has 7 heteroatoms. The molecule has 7 nitrogen and oxygen atoms in total. The molecular weight excluding hydrogens is 356 g/mol. The Morgan fingerprint density at radius 1 is 1.14 bits per heavy atom. The molecule has 0 saturated heterocycles. The molecule has 1 aromatic carbocycles. The standard InChI is InChI=1S/C21H30N4O3/c1-4-6-8-13-24(20(27)16-11-9-10-15(3)14-16)17-18(22)25(12-7-5-2)21(28)23-19(17)26/h9-11,14H,4-8,12-13,22H2,1-3H3,(H,23,26,28). The van der Waals surface area contributed by atoms with Gasteiger partial charge in [-0.15, -0.1) is 0 Å². The van der Waals surface area contributed by atoms with E-state index in [1.54, 1.807) is 12.1 Å². The first-order valence-electron chi connectivity index (χ1n) is 9.91. The molecule has 152 valence electrons. The van der Waals surface area contributed by atoms with E-state index in [-0.39, 0.29) is 17.4 Å². The number of nitrogens with zero attached hydrogens (tertiary/aromatic N) is 2. The highest BCUT2D eigenvalue weighted by Crippen LogP contribution is 2.21. The smallest absolute Gasteiger partial charge is 0.330 e. The lowest BCUT2D eigenvalue weighted by Gasteiger charge is -2.25. The number of nitrogens with two attached hydrogens (primary N) is 1. The Morgan fingerprint density at radius 3 is 2.50 bits per heavy atom. The topological polar surface area (TPSA) is 101 Å². The molecule has 0 bridgehead atoms. The third-order valence-corrected chi connectivity index (χ3v) is 4.71. The number of carbonyl (C=O) groups is 1. The normalized spacial score (nSPS) is 10.8. The van der Waals surface area contributed by atoms with Gasteiger partial charge in [-0.3, -0.25) is 19.1 Å². The lowest BCUT2D eigenvalue weighted by molar-refractivity contribution is 0.0986. The van der Waals surface area contributed by atoms with E-state index >= 15 is 0 Å². The van der Waals surface area contributed by atoms with Crippen molar-refractivity contribution in [1.82, 2.24) is 9.55 Å². The van der Waals surface area contributed by atoms with Crippen molar-refractivity contribution in [3.63, 3.8) is 0 Å². The van der Waals surface area contributed by atoms with Gasteiger partial charge in [-0.1, -0.05) is 50.8 Å². The number of aryl methyl sites for hydroxylation is 1. The summed E-state index contributed by atoms with van der Waals surface area (Å²) in [5.74, 6) is -0.252. The van der Waals surface area contributed by atoms with Crippen LogP contribution < -0.4 is 21.9 Å². The second kappa shape index (κ2) is 9.92. The SMILES string of the molecule is CCCCCN(C(=O)c1cccc(C)c1)c1c(N)n(CCCC)c(=O)[nH]c1=O. The number of aromatic nitrogens is 2. The molecule has 0 atom stereocenters. The number of benzene rings is 1. The van der Waals surface area contributed by atoms with Crippen LogP contribution in [0.15, 0.2) is 33.9 Å². The monoisotopic (exact) mass is 386 g/mol. The van der Waals surface area contributed by atoms with Gasteiger partial charge in [0.2, 0.25) is 0 Å². The summed E-state index contributed by atoms with van der Waals surface area (Å²) in [4.78, 5) is 41.8. The van der Waals surface area contributed by atoms with Gasteiger partial charge in [-0.2, -0.15) is 0 Å². The third kappa shape index (κ3) is 4.91. The number of nitrogen functional groups attached to an aromatic ring is 1. The van der Waals surface area contributed by atoms with Crippen LogP contribution >= 0.6 is 0 Å². The summed E-state index contributed by atoms with van der Waals surface area (Å²) in [7, 11) is 0. The fraction of sp³-hybridized carbons (Fsp3) is 0.476. The van der Waals surface area contributed by atoms with Crippen molar-refractivity contribution in [2.45, 2.75) is 59.4 Å². The quantitative estimate of drug-likeness (QED) is 0.647. The fourth-order valence-corrected chi connectivity index (χ4v) is 3.15. The molecular formula is C21H30N4O3. The van der Waals surface area contributed by atoms with Crippen molar-refractivity contribution in [2.75, 3.05) is 17.2 Å². The van der Waals surface area contributed by atoms with Crippen LogP contribution in [0.25, 0.3) is 0 Å². The highest BCUT2D eigenvalue weighted by Gasteiger charge is 2.25. The molecule has 1 heterocycles. The maximum absolute atomic E-state index is 13.2. The molecule has 2 aromatic rings. The molecule has 0 aliphatic rings. The van der Waals surface area contributed by atoms with E-state index in [1.165, 1.54) is 9.47 Å². The summed E-state index contributed by atoms with van der Waals surface area (Å²) < 4.78 is 1.34. The Kier molecular flexibility index (Phi) is 7.61. The average Bonchev–Trinajstić information content (AvgIpc) is 2.66. The molecule has 1 amide bonds. The number of rotatable bonds is 9. The maximum Gasteiger partial charge on any atom is 0.330 e. The molecule has 3 N–H and O–H groups in total. The number of anilines is 2. The molecule has 0 saturated carbocycles. The van der Waals surface area contributed by atoms with E-state index in [2.05, 4.69) is 11.9 Å². The Balaban J connectivity index is 2.55. The second-order valence-corrected chi connectivity index (χ2v) is 7.03. The minimum Gasteiger partial charge on any atom is -0.383 e. The molecule has 28 heavy (non-hydrogen) atoms. The second-order valence-electron chi connectivity index (χ2n) is 7.03. The van der Waals surface area contributed by atoms with Gasteiger partial charge in [0.05, 0.1) is 0 Å². The highest BCUT2D eigenvalue weighted by atomic mass is 16.2.